The lowest BCUT2D eigenvalue weighted by Gasteiger charge is -2.08. The molecular weight excluding hydrogens is 468 g/mol. The van der Waals surface area contributed by atoms with Crippen LogP contribution in [0.15, 0.2) is 67.0 Å². The van der Waals surface area contributed by atoms with Crippen molar-refractivity contribution in [2.24, 2.45) is 5.92 Å². The number of esters is 1. The molecule has 3 rings (SSSR count). The summed E-state index contributed by atoms with van der Waals surface area (Å²) in [5, 5.41) is 0. The van der Waals surface area contributed by atoms with Crippen molar-refractivity contribution in [1.29, 1.82) is 0 Å². The van der Waals surface area contributed by atoms with E-state index in [0.29, 0.717) is 17.1 Å². The second kappa shape index (κ2) is 16.5. The predicted octanol–water partition coefficient (Wildman–Crippen LogP) is 9.50. The van der Waals surface area contributed by atoms with Gasteiger partial charge in [-0.25, -0.2) is 14.8 Å². The number of carbonyl (C=O) groups is 1. The number of ether oxygens (including phenoxy) is 1. The van der Waals surface area contributed by atoms with Crippen LogP contribution < -0.4 is 4.74 Å². The number of aromatic nitrogens is 2. The highest BCUT2D eigenvalue weighted by molar-refractivity contribution is 5.91. The molecule has 1 unspecified atom stereocenters. The van der Waals surface area contributed by atoms with E-state index >= 15 is 0 Å². The third-order valence-corrected chi connectivity index (χ3v) is 7.07. The normalized spacial score (nSPS) is 12.1. The minimum atomic E-state index is -0.363. The number of rotatable bonds is 16. The molecule has 0 fully saturated rings. The Hall–Kier alpha value is -3.27. The summed E-state index contributed by atoms with van der Waals surface area (Å²) in [5.41, 5.74) is 3.70. The Kier molecular flexibility index (Phi) is 12.8. The number of hydrogen-bond donors (Lipinski definition) is 0. The lowest BCUT2D eigenvalue weighted by Crippen LogP contribution is -2.08. The Morgan fingerprint density at radius 3 is 2.26 bits per heavy atom. The molecule has 1 aromatic heterocycles. The molecule has 1 atom stereocenters. The third-order valence-electron chi connectivity index (χ3n) is 7.07. The summed E-state index contributed by atoms with van der Waals surface area (Å²) in [5.74, 6) is 1.65. The molecule has 1 heterocycles. The molecule has 0 bridgehead atoms. The van der Waals surface area contributed by atoms with Crippen LogP contribution in [0.4, 0.5) is 0 Å². The van der Waals surface area contributed by atoms with Gasteiger partial charge in [0, 0.05) is 18.0 Å². The first kappa shape index (κ1) is 29.3. The zero-order valence-corrected chi connectivity index (χ0v) is 23.5. The molecule has 4 nitrogen and oxygen atoms in total. The number of nitrogens with zero attached hydrogens (tertiary/aromatic N) is 2. The second-order valence-corrected chi connectivity index (χ2v) is 10.3. The average Bonchev–Trinajstić information content (AvgIpc) is 2.95. The van der Waals surface area contributed by atoms with Crippen LogP contribution in [0.2, 0.25) is 0 Å². The van der Waals surface area contributed by atoms with Crippen LogP contribution >= 0.6 is 0 Å². The van der Waals surface area contributed by atoms with Crippen molar-refractivity contribution < 1.29 is 9.53 Å². The van der Waals surface area contributed by atoms with Crippen molar-refractivity contribution in [3.05, 3.63) is 83.7 Å². The van der Waals surface area contributed by atoms with E-state index < -0.39 is 0 Å². The molecule has 0 radical (unpaired) electrons. The minimum absolute atomic E-state index is 0.363. The number of hydrogen-bond acceptors (Lipinski definition) is 4. The molecule has 0 aliphatic rings. The van der Waals surface area contributed by atoms with Gasteiger partial charge in [0.25, 0.3) is 0 Å². The van der Waals surface area contributed by atoms with E-state index in [4.69, 9.17) is 4.74 Å². The van der Waals surface area contributed by atoms with E-state index in [-0.39, 0.29) is 5.97 Å². The molecule has 0 aliphatic carbocycles. The number of aryl methyl sites for hydroxylation is 1. The van der Waals surface area contributed by atoms with E-state index in [1.165, 1.54) is 63.4 Å². The van der Waals surface area contributed by atoms with Crippen LogP contribution in [0.3, 0.4) is 0 Å². The van der Waals surface area contributed by atoms with Gasteiger partial charge in [0.05, 0.1) is 5.56 Å². The SMILES string of the molecule is CCCCCCC=Cc1ccc(C(=O)Oc2ccc(-c3ncc(CCCCCC(C)CC)cn3)cc2)cc1. The van der Waals surface area contributed by atoms with Gasteiger partial charge in [-0.05, 0) is 79.1 Å². The number of benzene rings is 2. The van der Waals surface area contributed by atoms with Crippen LogP contribution in [0, 0.1) is 5.92 Å². The van der Waals surface area contributed by atoms with Gasteiger partial charge < -0.3 is 4.74 Å². The van der Waals surface area contributed by atoms with E-state index in [1.54, 1.807) is 12.1 Å². The molecular formula is C34H44N2O2. The zero-order valence-electron chi connectivity index (χ0n) is 23.5. The van der Waals surface area contributed by atoms with Crippen molar-refractivity contribution in [3.63, 3.8) is 0 Å². The molecule has 0 saturated heterocycles. The largest absolute Gasteiger partial charge is 0.423 e. The number of carbonyl (C=O) groups excluding carboxylic acids is 1. The van der Waals surface area contributed by atoms with E-state index in [2.05, 4.69) is 42.9 Å². The Balaban J connectivity index is 1.44. The van der Waals surface area contributed by atoms with Gasteiger partial charge >= 0.3 is 5.97 Å². The van der Waals surface area contributed by atoms with Crippen LogP contribution in [-0.4, -0.2) is 15.9 Å². The molecule has 0 N–H and O–H groups in total. The highest BCUT2D eigenvalue weighted by atomic mass is 16.5. The van der Waals surface area contributed by atoms with Gasteiger partial charge in [-0.3, -0.25) is 0 Å². The van der Waals surface area contributed by atoms with Gasteiger partial charge in [0.15, 0.2) is 5.82 Å². The molecule has 3 aromatic rings. The molecule has 4 heteroatoms. The zero-order chi connectivity index (χ0) is 27.0. The van der Waals surface area contributed by atoms with Crippen LogP contribution in [-0.2, 0) is 6.42 Å². The minimum Gasteiger partial charge on any atom is -0.423 e. The highest BCUT2D eigenvalue weighted by Crippen LogP contribution is 2.21. The summed E-state index contributed by atoms with van der Waals surface area (Å²) < 4.78 is 5.57. The highest BCUT2D eigenvalue weighted by Gasteiger charge is 2.09. The maximum absolute atomic E-state index is 12.6. The predicted molar refractivity (Wildman–Crippen MR) is 158 cm³/mol. The first-order valence-electron chi connectivity index (χ1n) is 14.5. The smallest absolute Gasteiger partial charge is 0.343 e. The Morgan fingerprint density at radius 1 is 0.868 bits per heavy atom. The van der Waals surface area contributed by atoms with Crippen LogP contribution in [0.5, 0.6) is 5.75 Å². The maximum Gasteiger partial charge on any atom is 0.343 e. The standard InChI is InChI=1S/C34H44N2O2/c1-4-6-7-8-9-12-15-28-17-19-31(20-18-28)34(37)38-32-23-21-30(22-24-32)33-35-25-29(26-36-33)16-13-10-11-14-27(3)5-2/h12,15,17-27H,4-11,13-14,16H2,1-3H3. The molecule has 2 aromatic carbocycles. The summed E-state index contributed by atoms with van der Waals surface area (Å²) in [6.45, 7) is 6.82. The van der Waals surface area contributed by atoms with Gasteiger partial charge in [0.2, 0.25) is 0 Å². The third kappa shape index (κ3) is 10.2. The first-order valence-corrected chi connectivity index (χ1v) is 14.5. The van der Waals surface area contributed by atoms with Crippen LogP contribution in [0.25, 0.3) is 17.5 Å². The molecule has 0 spiro atoms. The van der Waals surface area contributed by atoms with Gasteiger partial charge in [-0.2, -0.15) is 0 Å². The van der Waals surface area contributed by atoms with Gasteiger partial charge in [-0.1, -0.05) is 90.0 Å². The van der Waals surface area contributed by atoms with Crippen LogP contribution in [0.1, 0.15) is 106 Å². The van der Waals surface area contributed by atoms with Crippen molar-refractivity contribution in [2.45, 2.75) is 91.4 Å². The molecule has 202 valence electrons. The lowest BCUT2D eigenvalue weighted by molar-refractivity contribution is 0.0735. The molecule has 0 amide bonds. The van der Waals surface area contributed by atoms with Gasteiger partial charge in [-0.15, -0.1) is 0 Å². The summed E-state index contributed by atoms with van der Waals surface area (Å²) >= 11 is 0. The lowest BCUT2D eigenvalue weighted by atomic mass is 10.00. The number of allylic oxidation sites excluding steroid dienone is 1. The Labute approximate surface area is 229 Å². The van der Waals surface area contributed by atoms with Crippen molar-refractivity contribution in [3.8, 4) is 17.1 Å². The second-order valence-electron chi connectivity index (χ2n) is 10.3. The van der Waals surface area contributed by atoms with E-state index in [1.807, 2.05) is 48.8 Å². The topological polar surface area (TPSA) is 52.1 Å². The monoisotopic (exact) mass is 512 g/mol. The quantitative estimate of drug-likeness (QED) is 0.109. The summed E-state index contributed by atoms with van der Waals surface area (Å²) in [4.78, 5) is 21.7. The summed E-state index contributed by atoms with van der Waals surface area (Å²) in [7, 11) is 0. The van der Waals surface area contributed by atoms with E-state index in [0.717, 1.165) is 29.9 Å². The molecule has 0 aliphatic heterocycles. The van der Waals surface area contributed by atoms with Crippen molar-refractivity contribution in [1.82, 2.24) is 9.97 Å². The molecule has 38 heavy (non-hydrogen) atoms. The first-order chi connectivity index (χ1) is 18.6. The fourth-order valence-electron chi connectivity index (χ4n) is 4.31. The Morgan fingerprint density at radius 2 is 1.58 bits per heavy atom. The average molecular weight is 513 g/mol. The van der Waals surface area contributed by atoms with E-state index in [9.17, 15) is 4.79 Å². The van der Waals surface area contributed by atoms with Gasteiger partial charge in [0.1, 0.15) is 5.75 Å². The number of unbranched alkanes of at least 4 members (excludes halogenated alkanes) is 6. The fourth-order valence-corrected chi connectivity index (χ4v) is 4.31. The van der Waals surface area contributed by atoms with Crippen molar-refractivity contribution >= 4 is 12.0 Å². The maximum atomic E-state index is 12.6. The fraction of sp³-hybridized carbons (Fsp3) is 0.441. The summed E-state index contributed by atoms with van der Waals surface area (Å²) in [6.07, 6.45) is 21.7. The summed E-state index contributed by atoms with van der Waals surface area (Å²) in [6, 6.07) is 14.9. The molecule has 0 saturated carbocycles. The van der Waals surface area contributed by atoms with Crippen molar-refractivity contribution in [2.75, 3.05) is 0 Å². The Bertz CT molecular complexity index is 1100.